The lowest BCUT2D eigenvalue weighted by Crippen LogP contribution is -2.44. The number of carboxylic acids is 1. The maximum absolute atomic E-state index is 13.6. The van der Waals surface area contributed by atoms with Crippen molar-refractivity contribution >= 4 is 18.2 Å². The maximum Gasteiger partial charge on any atom is 0.427 e. The van der Waals surface area contributed by atoms with Gasteiger partial charge in [0.1, 0.15) is 18.2 Å². The van der Waals surface area contributed by atoms with Gasteiger partial charge in [0.25, 0.3) is 0 Å². The van der Waals surface area contributed by atoms with Crippen molar-refractivity contribution in [2.75, 3.05) is 0 Å². The van der Waals surface area contributed by atoms with Crippen LogP contribution in [0, 0.1) is 0 Å². The van der Waals surface area contributed by atoms with Crippen LogP contribution in [0.4, 0.5) is 22.8 Å². The van der Waals surface area contributed by atoms with Gasteiger partial charge in [-0.05, 0) is 26.3 Å². The largest absolute Gasteiger partial charge is 0.480 e. The van der Waals surface area contributed by atoms with E-state index in [4.69, 9.17) is 9.47 Å². The molecular weight excluding hydrogens is 461 g/mol. The van der Waals surface area contributed by atoms with E-state index in [1.54, 1.807) is 56.4 Å². The number of hydrogen-bond donors (Lipinski definition) is 3. The van der Waals surface area contributed by atoms with E-state index in [0.717, 1.165) is 12.5 Å². The van der Waals surface area contributed by atoms with Crippen LogP contribution in [0.5, 0.6) is 0 Å². The summed E-state index contributed by atoms with van der Waals surface area (Å²) in [4.78, 5) is 39.1. The molecule has 186 valence electrons. The number of ether oxygens (including phenoxy) is 2. The summed E-state index contributed by atoms with van der Waals surface area (Å²) in [6, 6.07) is 6.87. The Morgan fingerprint density at radius 1 is 1.09 bits per heavy atom. The summed E-state index contributed by atoms with van der Waals surface area (Å²) < 4.78 is 51.1. The van der Waals surface area contributed by atoms with Gasteiger partial charge in [0.05, 0.1) is 12.0 Å². The third-order valence-corrected chi connectivity index (χ3v) is 4.13. The lowest BCUT2D eigenvalue weighted by molar-refractivity contribution is -0.174. The number of nitrogens with zero attached hydrogens (tertiary/aromatic N) is 2. The number of alkyl carbamates (subject to hydrolysis) is 2. The third-order valence-electron chi connectivity index (χ3n) is 4.13. The lowest BCUT2D eigenvalue weighted by Gasteiger charge is -2.22. The Morgan fingerprint density at radius 2 is 1.74 bits per heavy atom. The number of aliphatic carboxylic acids is 1. The molecule has 0 saturated heterocycles. The van der Waals surface area contributed by atoms with Crippen molar-refractivity contribution in [2.45, 2.75) is 57.8 Å². The fourth-order valence-electron chi connectivity index (χ4n) is 2.69. The first-order valence-corrected chi connectivity index (χ1v) is 10.0. The van der Waals surface area contributed by atoms with Crippen LogP contribution in [-0.2, 0) is 27.3 Å². The molecule has 0 saturated carbocycles. The Bertz CT molecular complexity index is 988. The first-order valence-electron chi connectivity index (χ1n) is 10.0. The van der Waals surface area contributed by atoms with Gasteiger partial charge in [-0.15, -0.1) is 0 Å². The van der Waals surface area contributed by atoms with Crippen molar-refractivity contribution in [3.05, 3.63) is 54.1 Å². The Hall–Kier alpha value is -3.77. The number of carboxylic acid groups (broad SMARTS) is 1. The molecule has 10 nitrogen and oxygen atoms in total. The Labute approximate surface area is 193 Å². The van der Waals surface area contributed by atoms with Gasteiger partial charge in [-0.25, -0.2) is 19.4 Å². The number of amides is 2. The van der Waals surface area contributed by atoms with Crippen molar-refractivity contribution in [3.8, 4) is 0 Å². The van der Waals surface area contributed by atoms with Crippen LogP contribution in [0.2, 0.25) is 0 Å². The average molecular weight is 486 g/mol. The van der Waals surface area contributed by atoms with E-state index in [9.17, 15) is 32.7 Å². The molecule has 0 bridgehead atoms. The number of hydrogen-bond acceptors (Lipinski definition) is 6. The second-order valence-electron chi connectivity index (χ2n) is 8.20. The predicted molar refractivity (Wildman–Crippen MR) is 112 cm³/mol. The van der Waals surface area contributed by atoms with E-state index >= 15 is 0 Å². The molecule has 34 heavy (non-hydrogen) atoms. The zero-order valence-electron chi connectivity index (χ0n) is 18.6. The van der Waals surface area contributed by atoms with Crippen molar-refractivity contribution < 1.29 is 42.1 Å². The minimum atomic E-state index is -4.91. The fraction of sp³-hybridized carbons (Fsp3) is 0.429. The standard InChI is InChI=1S/C21H25F3N4O6/c1-20(2,3)34-19(32)26-15(16(29)30)9-14-10-28(12-25-14)17(21(22,23)24)27-18(31)33-11-13-7-5-4-6-8-13/h4-8,10,12,15,17H,9,11H2,1-3H3,(H,26,32)(H,27,31)(H,29,30)/t15-,17?/m0/s1. The van der Waals surface area contributed by atoms with Gasteiger partial charge in [-0.1, -0.05) is 30.3 Å². The molecule has 0 fully saturated rings. The van der Waals surface area contributed by atoms with Gasteiger partial charge in [0, 0.05) is 12.6 Å². The van der Waals surface area contributed by atoms with Crippen LogP contribution in [0.15, 0.2) is 42.9 Å². The molecule has 1 aromatic carbocycles. The number of carbonyl (C=O) groups excluding carboxylic acids is 2. The summed E-state index contributed by atoms with van der Waals surface area (Å²) in [7, 11) is 0. The van der Waals surface area contributed by atoms with Crippen molar-refractivity contribution in [1.82, 2.24) is 20.2 Å². The lowest BCUT2D eigenvalue weighted by atomic mass is 10.1. The van der Waals surface area contributed by atoms with E-state index in [1.165, 1.54) is 0 Å². The fourth-order valence-corrected chi connectivity index (χ4v) is 2.69. The summed E-state index contributed by atoms with van der Waals surface area (Å²) in [5, 5.41) is 13.2. The minimum absolute atomic E-state index is 0.0721. The molecule has 2 atom stereocenters. The molecule has 2 aromatic rings. The number of nitrogens with one attached hydrogen (secondary N) is 2. The van der Waals surface area contributed by atoms with E-state index < -0.39 is 48.6 Å². The summed E-state index contributed by atoms with van der Waals surface area (Å²) in [5.41, 5.74) is -0.365. The van der Waals surface area contributed by atoms with Gasteiger partial charge < -0.3 is 24.5 Å². The Balaban J connectivity index is 2.07. The Morgan fingerprint density at radius 3 is 2.29 bits per heavy atom. The van der Waals surface area contributed by atoms with E-state index in [1.807, 2.05) is 0 Å². The molecule has 1 aromatic heterocycles. The highest BCUT2D eigenvalue weighted by atomic mass is 19.4. The SMILES string of the molecule is CC(C)(C)OC(=O)N[C@@H](Cc1cn(C(NC(=O)OCc2ccccc2)C(F)(F)F)cn1)C(=O)O. The molecule has 0 aliphatic carbocycles. The van der Waals surface area contributed by atoms with E-state index in [2.05, 4.69) is 10.3 Å². The molecular formula is C21H25F3N4O6. The number of carbonyl (C=O) groups is 3. The molecule has 1 heterocycles. The highest BCUT2D eigenvalue weighted by Gasteiger charge is 2.43. The molecule has 2 rings (SSSR count). The van der Waals surface area contributed by atoms with Gasteiger partial charge in [-0.3, -0.25) is 5.32 Å². The predicted octanol–water partition coefficient (Wildman–Crippen LogP) is 3.39. The molecule has 0 aliphatic heterocycles. The molecule has 0 radical (unpaired) electrons. The van der Waals surface area contributed by atoms with Crippen molar-refractivity contribution in [1.29, 1.82) is 0 Å². The zero-order valence-corrected chi connectivity index (χ0v) is 18.6. The third kappa shape index (κ3) is 8.64. The van der Waals surface area contributed by atoms with E-state index in [-0.39, 0.29) is 12.3 Å². The maximum atomic E-state index is 13.6. The highest BCUT2D eigenvalue weighted by molar-refractivity contribution is 5.80. The van der Waals surface area contributed by atoms with Crippen molar-refractivity contribution in [2.24, 2.45) is 0 Å². The molecule has 13 heteroatoms. The normalized spacial score (nSPS) is 13.5. The summed E-state index contributed by atoms with van der Waals surface area (Å²) in [6.07, 6.45) is -8.46. The van der Waals surface area contributed by atoms with Crippen LogP contribution in [-0.4, -0.2) is 50.6 Å². The molecule has 2 amide bonds. The van der Waals surface area contributed by atoms with Crippen molar-refractivity contribution in [3.63, 3.8) is 0 Å². The van der Waals surface area contributed by atoms with Gasteiger partial charge in [-0.2, -0.15) is 13.2 Å². The zero-order chi connectivity index (χ0) is 25.5. The van der Waals surface area contributed by atoms with Crippen LogP contribution in [0.1, 0.15) is 38.2 Å². The second-order valence-corrected chi connectivity index (χ2v) is 8.20. The van der Waals surface area contributed by atoms with Crippen LogP contribution < -0.4 is 10.6 Å². The minimum Gasteiger partial charge on any atom is -0.480 e. The number of imidazole rings is 1. The summed E-state index contributed by atoms with van der Waals surface area (Å²) in [5.74, 6) is -1.43. The highest BCUT2D eigenvalue weighted by Crippen LogP contribution is 2.28. The van der Waals surface area contributed by atoms with Crippen LogP contribution >= 0.6 is 0 Å². The van der Waals surface area contributed by atoms with Crippen LogP contribution in [0.25, 0.3) is 0 Å². The van der Waals surface area contributed by atoms with Gasteiger partial charge >= 0.3 is 24.3 Å². The number of aromatic nitrogens is 2. The summed E-state index contributed by atoms with van der Waals surface area (Å²) in [6.45, 7) is 4.51. The topological polar surface area (TPSA) is 132 Å². The molecule has 3 N–H and O–H groups in total. The number of benzene rings is 1. The molecule has 0 aliphatic rings. The van der Waals surface area contributed by atoms with Gasteiger partial charge in [0.2, 0.25) is 6.17 Å². The monoisotopic (exact) mass is 486 g/mol. The first kappa shape index (κ1) is 26.5. The van der Waals surface area contributed by atoms with E-state index in [0.29, 0.717) is 10.1 Å². The first-order chi connectivity index (χ1) is 15.7. The van der Waals surface area contributed by atoms with Gasteiger partial charge in [0.15, 0.2) is 0 Å². The summed E-state index contributed by atoms with van der Waals surface area (Å²) >= 11 is 0. The number of rotatable bonds is 8. The average Bonchev–Trinajstić information content (AvgIpc) is 3.16. The number of alkyl halides is 3. The Kier molecular flexibility index (Phi) is 8.49. The smallest absolute Gasteiger partial charge is 0.427 e. The molecule has 1 unspecified atom stereocenters. The quantitative estimate of drug-likeness (QED) is 0.521. The van der Waals surface area contributed by atoms with Crippen LogP contribution in [0.3, 0.4) is 0 Å². The number of halogens is 3. The second kappa shape index (κ2) is 10.9. The molecule has 0 spiro atoms.